The zero-order valence-electron chi connectivity index (χ0n) is 16.5. The number of hydrogen-bond donors (Lipinski definition) is 1. The van der Waals surface area contributed by atoms with Gasteiger partial charge < -0.3 is 0 Å². The van der Waals surface area contributed by atoms with Gasteiger partial charge in [-0.15, -0.1) is 0 Å². The topological polar surface area (TPSA) is 33.1 Å². The molecule has 3 heteroatoms. The van der Waals surface area contributed by atoms with Gasteiger partial charge in [-0.05, 0) is 0 Å². The van der Waals surface area contributed by atoms with Crippen LogP contribution in [0.3, 0.4) is 0 Å². The molecule has 1 aromatic heterocycles. The van der Waals surface area contributed by atoms with Gasteiger partial charge in [-0.2, -0.15) is 0 Å². The van der Waals surface area contributed by atoms with Crippen LogP contribution in [0.2, 0.25) is 3.43 Å². The Hall–Kier alpha value is -0.0913. The van der Waals surface area contributed by atoms with Crippen molar-refractivity contribution in [3.05, 3.63) is 24.0 Å². The molecule has 1 aromatic rings. The molecular formula is C21H37NOSn. The summed E-state index contributed by atoms with van der Waals surface area (Å²) in [6.07, 6.45) is 14.3. The number of unbranched alkanes of at least 4 members (excludes halogenated alkanes) is 3. The minimum atomic E-state index is -0.840. The van der Waals surface area contributed by atoms with E-state index in [1.54, 1.807) is 0 Å². The SMILES string of the molecule is CCCC[C](CCCC)(CCCC)[Sn][c]1ccc(C(C)(C)O)nc1. The van der Waals surface area contributed by atoms with Gasteiger partial charge in [-0.3, -0.25) is 0 Å². The zero-order chi connectivity index (χ0) is 18.1. The summed E-state index contributed by atoms with van der Waals surface area (Å²) in [5, 5.41) is 10.1. The third-order valence-corrected chi connectivity index (χ3v) is 10.1. The third kappa shape index (κ3) is 7.43. The van der Waals surface area contributed by atoms with Gasteiger partial charge in [-0.1, -0.05) is 0 Å². The predicted molar refractivity (Wildman–Crippen MR) is 106 cm³/mol. The Morgan fingerprint density at radius 2 is 1.42 bits per heavy atom. The molecule has 0 bridgehead atoms. The van der Waals surface area contributed by atoms with Crippen molar-refractivity contribution in [3.63, 3.8) is 0 Å². The second-order valence-corrected chi connectivity index (χ2v) is 13.1. The Balaban J connectivity index is 2.95. The monoisotopic (exact) mass is 439 g/mol. The van der Waals surface area contributed by atoms with Crippen LogP contribution in [0.5, 0.6) is 0 Å². The van der Waals surface area contributed by atoms with Gasteiger partial charge in [0.1, 0.15) is 0 Å². The summed E-state index contributed by atoms with van der Waals surface area (Å²) >= 11 is -0.705. The van der Waals surface area contributed by atoms with Crippen molar-refractivity contribution in [2.75, 3.05) is 0 Å². The molecule has 0 saturated carbocycles. The van der Waals surface area contributed by atoms with Crippen LogP contribution < -0.4 is 3.58 Å². The van der Waals surface area contributed by atoms with Gasteiger partial charge in [0.2, 0.25) is 0 Å². The fourth-order valence-electron chi connectivity index (χ4n) is 3.24. The predicted octanol–water partition coefficient (Wildman–Crippen LogP) is 5.37. The van der Waals surface area contributed by atoms with E-state index in [-0.39, 0.29) is 0 Å². The molecule has 136 valence electrons. The van der Waals surface area contributed by atoms with E-state index in [1.165, 1.54) is 61.4 Å². The van der Waals surface area contributed by atoms with Crippen molar-refractivity contribution in [2.24, 2.45) is 0 Å². The summed E-state index contributed by atoms with van der Waals surface area (Å²) in [5.41, 5.74) is -0.0558. The van der Waals surface area contributed by atoms with Crippen molar-refractivity contribution >= 4 is 24.7 Å². The minimum absolute atomic E-state index is 0.601. The zero-order valence-corrected chi connectivity index (χ0v) is 19.3. The average Bonchev–Trinajstić information content (AvgIpc) is 2.56. The molecule has 0 atom stereocenters. The maximum atomic E-state index is 10.1. The summed E-state index contributed by atoms with van der Waals surface area (Å²) < 4.78 is 2.10. The van der Waals surface area contributed by atoms with Crippen LogP contribution in [-0.2, 0) is 5.60 Å². The maximum absolute atomic E-state index is 10.1. The molecule has 0 fully saturated rings. The van der Waals surface area contributed by atoms with Crippen molar-refractivity contribution in [3.8, 4) is 0 Å². The number of nitrogens with zero attached hydrogens (tertiary/aromatic N) is 1. The van der Waals surface area contributed by atoms with Crippen molar-refractivity contribution in [2.45, 2.75) is 101 Å². The molecule has 0 saturated heterocycles. The molecule has 1 rings (SSSR count). The van der Waals surface area contributed by atoms with Crippen LogP contribution in [0.25, 0.3) is 0 Å². The molecule has 0 aliphatic rings. The molecule has 1 N–H and O–H groups in total. The Morgan fingerprint density at radius 1 is 0.917 bits per heavy atom. The Labute approximate surface area is 160 Å². The summed E-state index contributed by atoms with van der Waals surface area (Å²) in [4.78, 5) is 4.57. The second-order valence-electron chi connectivity index (χ2n) is 7.71. The molecule has 0 unspecified atom stereocenters. The number of aromatic nitrogens is 1. The number of aliphatic hydroxyl groups is 1. The Kier molecular flexibility index (Phi) is 9.88. The first kappa shape index (κ1) is 22.0. The van der Waals surface area contributed by atoms with E-state index in [2.05, 4.69) is 38.0 Å². The summed E-state index contributed by atoms with van der Waals surface area (Å²) in [7, 11) is 0. The standard InChI is InChI=1S/C13H27.C8H10NO.Sn/c1-4-7-10-13(11-8-5-2)12-9-6-3;1-8(2,10)7-5-3-4-6-9-7;/h4-12H2,1-3H3;3,5-6,10H,1-2H3;. The second kappa shape index (κ2) is 10.8. The molecule has 0 amide bonds. The van der Waals surface area contributed by atoms with Crippen molar-refractivity contribution in [1.29, 1.82) is 0 Å². The van der Waals surface area contributed by atoms with E-state index in [0.717, 1.165) is 5.69 Å². The molecule has 1 heterocycles. The van der Waals surface area contributed by atoms with Gasteiger partial charge in [0.05, 0.1) is 0 Å². The Morgan fingerprint density at radius 3 is 1.75 bits per heavy atom. The van der Waals surface area contributed by atoms with Crippen LogP contribution in [0.15, 0.2) is 18.3 Å². The van der Waals surface area contributed by atoms with Gasteiger partial charge in [-0.25, -0.2) is 0 Å². The molecular weight excluding hydrogens is 401 g/mol. The molecule has 2 radical (unpaired) electrons. The van der Waals surface area contributed by atoms with E-state index >= 15 is 0 Å². The van der Waals surface area contributed by atoms with E-state index in [1.807, 2.05) is 19.9 Å². The Bertz CT molecular complexity index is 428. The molecule has 0 aliphatic carbocycles. The number of pyridine rings is 1. The first-order chi connectivity index (χ1) is 11.4. The van der Waals surface area contributed by atoms with Crippen molar-refractivity contribution < 1.29 is 5.11 Å². The molecule has 0 aromatic carbocycles. The molecule has 24 heavy (non-hydrogen) atoms. The summed E-state index contributed by atoms with van der Waals surface area (Å²) in [5.74, 6) is 0. The van der Waals surface area contributed by atoms with Crippen LogP contribution in [0, 0.1) is 0 Å². The van der Waals surface area contributed by atoms with E-state index < -0.39 is 26.7 Å². The van der Waals surface area contributed by atoms with E-state index in [0.29, 0.717) is 3.43 Å². The number of rotatable bonds is 12. The third-order valence-electron chi connectivity index (χ3n) is 4.83. The fourth-order valence-corrected chi connectivity index (χ4v) is 8.42. The summed E-state index contributed by atoms with van der Waals surface area (Å²) in [6, 6.07) is 4.30. The van der Waals surface area contributed by atoms with Gasteiger partial charge in [0, 0.05) is 0 Å². The average molecular weight is 438 g/mol. The van der Waals surface area contributed by atoms with Gasteiger partial charge in [0.15, 0.2) is 0 Å². The van der Waals surface area contributed by atoms with Crippen LogP contribution in [0.4, 0.5) is 0 Å². The van der Waals surface area contributed by atoms with Crippen LogP contribution >= 0.6 is 0 Å². The van der Waals surface area contributed by atoms with E-state index in [9.17, 15) is 5.11 Å². The number of hydrogen-bond acceptors (Lipinski definition) is 2. The normalized spacial score (nSPS) is 12.6. The first-order valence-electron chi connectivity index (χ1n) is 9.84. The van der Waals surface area contributed by atoms with E-state index in [4.69, 9.17) is 0 Å². The fraction of sp³-hybridized carbons (Fsp3) is 0.762. The van der Waals surface area contributed by atoms with Gasteiger partial charge >= 0.3 is 160 Å². The van der Waals surface area contributed by atoms with Gasteiger partial charge in [0.25, 0.3) is 0 Å². The molecule has 0 aliphatic heterocycles. The summed E-state index contributed by atoms with van der Waals surface area (Å²) in [6.45, 7) is 10.6. The van der Waals surface area contributed by atoms with Crippen LogP contribution in [0.1, 0.15) is 98.1 Å². The quantitative estimate of drug-likeness (QED) is 0.446. The van der Waals surface area contributed by atoms with Crippen LogP contribution in [-0.4, -0.2) is 31.2 Å². The first-order valence-corrected chi connectivity index (χ1v) is 12.7. The van der Waals surface area contributed by atoms with Crippen molar-refractivity contribution in [1.82, 2.24) is 4.98 Å². The molecule has 0 spiro atoms. The molecule has 2 nitrogen and oxygen atoms in total.